The lowest BCUT2D eigenvalue weighted by molar-refractivity contribution is -0.130. The Morgan fingerprint density at radius 2 is 1.52 bits per heavy atom. The summed E-state index contributed by atoms with van der Waals surface area (Å²) in [6.07, 6.45) is 0. The maximum absolute atomic E-state index is 11.5. The number of rotatable bonds is 5. The number of likely N-dealkylation sites (N-methyl/N-ethyl adjacent to an activating group) is 1. The van der Waals surface area contributed by atoms with Crippen molar-refractivity contribution in [1.29, 1.82) is 0 Å². The Balaban J connectivity index is 2.02. The van der Waals surface area contributed by atoms with Crippen LogP contribution in [0.25, 0.3) is 11.1 Å². The third-order valence-corrected chi connectivity index (χ3v) is 3.24. The predicted octanol–water partition coefficient (Wildman–Crippen LogP) is 2.28. The molecule has 0 saturated carbocycles. The Morgan fingerprint density at radius 3 is 2.00 bits per heavy atom. The molecule has 21 heavy (non-hydrogen) atoms. The molecule has 0 aliphatic rings. The smallest absolute Gasteiger partial charge is 0.259 e. The van der Waals surface area contributed by atoms with Crippen molar-refractivity contribution in [3.8, 4) is 16.9 Å². The highest BCUT2D eigenvalue weighted by Crippen LogP contribution is 2.22. The Kier molecular flexibility index (Phi) is 4.95. The molecule has 0 bridgehead atoms. The summed E-state index contributed by atoms with van der Waals surface area (Å²) in [6.45, 7) is 0.602. The summed E-state index contributed by atoms with van der Waals surface area (Å²) in [7, 11) is 3.42. The van der Waals surface area contributed by atoms with Gasteiger partial charge >= 0.3 is 0 Å². The van der Waals surface area contributed by atoms with Crippen molar-refractivity contribution in [3.63, 3.8) is 0 Å². The highest BCUT2D eigenvalue weighted by Gasteiger charge is 2.05. The molecule has 0 aliphatic heterocycles. The van der Waals surface area contributed by atoms with Crippen LogP contribution in [0.15, 0.2) is 48.5 Å². The Bertz CT molecular complexity index is 589. The summed E-state index contributed by atoms with van der Waals surface area (Å²) in [5, 5.41) is 0. The molecule has 2 N–H and O–H groups in total. The highest BCUT2D eigenvalue weighted by molar-refractivity contribution is 5.77. The zero-order valence-electron chi connectivity index (χ0n) is 12.4. The van der Waals surface area contributed by atoms with Crippen molar-refractivity contribution in [1.82, 2.24) is 4.90 Å². The van der Waals surface area contributed by atoms with Gasteiger partial charge in [0.05, 0.1) is 0 Å². The summed E-state index contributed by atoms with van der Waals surface area (Å²) in [5.41, 5.74) is 8.93. The molecule has 2 rings (SSSR count). The van der Waals surface area contributed by atoms with Crippen LogP contribution in [0.4, 0.5) is 0 Å². The zero-order valence-corrected chi connectivity index (χ0v) is 12.4. The second-order valence-corrected chi connectivity index (χ2v) is 5.00. The normalized spacial score (nSPS) is 10.2. The van der Waals surface area contributed by atoms with Crippen molar-refractivity contribution < 1.29 is 9.53 Å². The van der Waals surface area contributed by atoms with Crippen LogP contribution in [-0.2, 0) is 11.3 Å². The lowest BCUT2D eigenvalue weighted by Gasteiger charge is -2.11. The molecular weight excluding hydrogens is 264 g/mol. The van der Waals surface area contributed by atoms with E-state index in [1.165, 1.54) is 4.90 Å². The van der Waals surface area contributed by atoms with Gasteiger partial charge in [0, 0.05) is 20.6 Å². The number of carbonyl (C=O) groups is 1. The number of hydrogen-bond donors (Lipinski definition) is 1. The van der Waals surface area contributed by atoms with Crippen molar-refractivity contribution in [2.45, 2.75) is 6.54 Å². The van der Waals surface area contributed by atoms with Crippen LogP contribution in [0.5, 0.6) is 5.75 Å². The molecular formula is C17H20N2O2. The minimum Gasteiger partial charge on any atom is -0.484 e. The van der Waals surface area contributed by atoms with Crippen molar-refractivity contribution in [2.75, 3.05) is 20.7 Å². The van der Waals surface area contributed by atoms with E-state index in [9.17, 15) is 4.79 Å². The number of benzene rings is 2. The van der Waals surface area contributed by atoms with Gasteiger partial charge in [0.1, 0.15) is 5.75 Å². The topological polar surface area (TPSA) is 55.6 Å². The number of amides is 1. The van der Waals surface area contributed by atoms with E-state index in [1.807, 2.05) is 48.5 Å². The third-order valence-electron chi connectivity index (χ3n) is 3.24. The Hall–Kier alpha value is -2.33. The van der Waals surface area contributed by atoms with Crippen LogP contribution >= 0.6 is 0 Å². The molecule has 0 saturated heterocycles. The maximum Gasteiger partial charge on any atom is 0.259 e. The lowest BCUT2D eigenvalue weighted by Crippen LogP contribution is -2.27. The van der Waals surface area contributed by atoms with Gasteiger partial charge in [-0.2, -0.15) is 0 Å². The van der Waals surface area contributed by atoms with E-state index in [4.69, 9.17) is 10.5 Å². The highest BCUT2D eigenvalue weighted by atomic mass is 16.5. The Morgan fingerprint density at radius 1 is 1.00 bits per heavy atom. The van der Waals surface area contributed by atoms with Gasteiger partial charge in [-0.3, -0.25) is 4.79 Å². The minimum absolute atomic E-state index is 0.0531. The van der Waals surface area contributed by atoms with E-state index in [0.717, 1.165) is 16.7 Å². The fraction of sp³-hybridized carbons (Fsp3) is 0.235. The molecule has 0 unspecified atom stereocenters. The molecule has 0 aromatic heterocycles. The summed E-state index contributed by atoms with van der Waals surface area (Å²) in [6, 6.07) is 15.8. The van der Waals surface area contributed by atoms with Gasteiger partial charge in [-0.15, -0.1) is 0 Å². The molecule has 2 aromatic carbocycles. The molecule has 110 valence electrons. The summed E-state index contributed by atoms with van der Waals surface area (Å²) in [4.78, 5) is 13.0. The average molecular weight is 284 g/mol. The minimum atomic E-state index is -0.0588. The fourth-order valence-electron chi connectivity index (χ4n) is 1.85. The molecule has 0 spiro atoms. The van der Waals surface area contributed by atoms with Crippen LogP contribution in [0, 0.1) is 0 Å². The number of nitrogens with two attached hydrogens (primary N) is 1. The number of carbonyl (C=O) groups excluding carboxylic acids is 1. The molecule has 2 aromatic rings. The van der Waals surface area contributed by atoms with Crippen LogP contribution in [0.3, 0.4) is 0 Å². The first-order valence-electron chi connectivity index (χ1n) is 6.82. The number of ether oxygens (including phenoxy) is 1. The average Bonchev–Trinajstić information content (AvgIpc) is 2.53. The molecule has 0 aliphatic carbocycles. The van der Waals surface area contributed by atoms with Crippen molar-refractivity contribution in [2.24, 2.45) is 5.73 Å². The molecule has 1 amide bonds. The number of hydrogen-bond acceptors (Lipinski definition) is 3. The standard InChI is InChI=1S/C17H20N2O2/c1-19(2)17(20)12-21-16-9-7-15(8-10-16)14-5-3-13(11-18)4-6-14/h3-10H,11-12,18H2,1-2H3. The van der Waals surface area contributed by atoms with Gasteiger partial charge in [0.15, 0.2) is 6.61 Å². The SMILES string of the molecule is CN(C)C(=O)COc1ccc(-c2ccc(CN)cc2)cc1. The first kappa shape index (κ1) is 15.1. The molecule has 4 nitrogen and oxygen atoms in total. The fourth-order valence-corrected chi connectivity index (χ4v) is 1.85. The molecule has 4 heteroatoms. The molecule has 0 atom stereocenters. The van der Waals surface area contributed by atoms with Crippen LogP contribution in [0.2, 0.25) is 0 Å². The first-order valence-corrected chi connectivity index (χ1v) is 6.82. The van der Waals surface area contributed by atoms with Gasteiger partial charge in [-0.1, -0.05) is 36.4 Å². The van der Waals surface area contributed by atoms with E-state index in [-0.39, 0.29) is 12.5 Å². The monoisotopic (exact) mass is 284 g/mol. The van der Waals surface area contributed by atoms with Gasteiger partial charge in [0.2, 0.25) is 0 Å². The van der Waals surface area contributed by atoms with Gasteiger partial charge in [-0.05, 0) is 28.8 Å². The lowest BCUT2D eigenvalue weighted by atomic mass is 10.0. The predicted molar refractivity (Wildman–Crippen MR) is 84.0 cm³/mol. The van der Waals surface area contributed by atoms with Crippen LogP contribution < -0.4 is 10.5 Å². The van der Waals surface area contributed by atoms with Gasteiger partial charge < -0.3 is 15.4 Å². The van der Waals surface area contributed by atoms with Crippen LogP contribution in [0.1, 0.15) is 5.56 Å². The molecule has 0 radical (unpaired) electrons. The van der Waals surface area contributed by atoms with Crippen molar-refractivity contribution in [3.05, 3.63) is 54.1 Å². The largest absolute Gasteiger partial charge is 0.484 e. The molecule has 0 fully saturated rings. The van der Waals surface area contributed by atoms with E-state index in [1.54, 1.807) is 14.1 Å². The third kappa shape index (κ3) is 4.07. The summed E-state index contributed by atoms with van der Waals surface area (Å²) in [5.74, 6) is 0.629. The van der Waals surface area contributed by atoms with Gasteiger partial charge in [-0.25, -0.2) is 0 Å². The van der Waals surface area contributed by atoms with E-state index in [0.29, 0.717) is 12.3 Å². The second-order valence-electron chi connectivity index (χ2n) is 5.00. The zero-order chi connectivity index (χ0) is 15.2. The summed E-state index contributed by atoms with van der Waals surface area (Å²) >= 11 is 0. The van der Waals surface area contributed by atoms with Gasteiger partial charge in [0.25, 0.3) is 5.91 Å². The molecule has 0 heterocycles. The first-order chi connectivity index (χ1) is 10.1. The van der Waals surface area contributed by atoms with Crippen LogP contribution in [-0.4, -0.2) is 31.5 Å². The summed E-state index contributed by atoms with van der Waals surface area (Å²) < 4.78 is 5.45. The number of nitrogens with zero attached hydrogens (tertiary/aromatic N) is 1. The quantitative estimate of drug-likeness (QED) is 0.916. The Labute approximate surface area is 125 Å². The van der Waals surface area contributed by atoms with E-state index in [2.05, 4.69) is 0 Å². The van der Waals surface area contributed by atoms with Crippen molar-refractivity contribution >= 4 is 5.91 Å². The maximum atomic E-state index is 11.5. The van der Waals surface area contributed by atoms with E-state index >= 15 is 0 Å². The van der Waals surface area contributed by atoms with E-state index < -0.39 is 0 Å². The second kappa shape index (κ2) is 6.90.